The number of rotatable bonds is 2. The molecule has 74 valence electrons. The fourth-order valence-corrected chi connectivity index (χ4v) is 2.16. The first-order valence-corrected chi connectivity index (χ1v) is 5.54. The fraction of sp³-hybridized carbons (Fsp3) is 0. The number of anilines is 2. The van der Waals surface area contributed by atoms with E-state index in [1.807, 2.05) is 52.5 Å². The Hall–Kier alpha value is -1.81. The van der Waals surface area contributed by atoms with Crippen molar-refractivity contribution in [1.29, 1.82) is 0 Å². The molecule has 3 rings (SSSR count). The van der Waals surface area contributed by atoms with E-state index in [9.17, 15) is 0 Å². The topological polar surface area (TPSA) is 29.3 Å². The zero-order chi connectivity index (χ0) is 10.1. The van der Waals surface area contributed by atoms with Crippen molar-refractivity contribution < 1.29 is 0 Å². The number of nitrogens with zero attached hydrogens (tertiary/aromatic N) is 2. The molecular weight excluding hydrogens is 206 g/mol. The van der Waals surface area contributed by atoms with Crippen LogP contribution in [0.15, 0.2) is 48.1 Å². The van der Waals surface area contributed by atoms with Crippen molar-refractivity contribution in [2.24, 2.45) is 0 Å². The van der Waals surface area contributed by atoms with Crippen molar-refractivity contribution in [2.45, 2.75) is 0 Å². The fourth-order valence-electron chi connectivity index (χ4n) is 1.46. The maximum atomic E-state index is 4.44. The van der Waals surface area contributed by atoms with Gasteiger partial charge in [-0.2, -0.15) is 0 Å². The standard InChI is InChI=1S/C11H9N3S/c1-2-4-9(5-3-1)12-10-8-14-6-7-15-11(14)13-10/h1-8,12H. The third-order valence-corrected chi connectivity index (χ3v) is 2.91. The van der Waals surface area contributed by atoms with E-state index >= 15 is 0 Å². The minimum absolute atomic E-state index is 0.882. The first kappa shape index (κ1) is 8.49. The monoisotopic (exact) mass is 215 g/mol. The molecule has 0 saturated carbocycles. The van der Waals surface area contributed by atoms with Gasteiger partial charge in [0, 0.05) is 17.3 Å². The summed E-state index contributed by atoms with van der Waals surface area (Å²) in [6.45, 7) is 0. The lowest BCUT2D eigenvalue weighted by Crippen LogP contribution is -1.88. The summed E-state index contributed by atoms with van der Waals surface area (Å²) < 4.78 is 2.01. The molecular formula is C11H9N3S. The second kappa shape index (κ2) is 3.40. The van der Waals surface area contributed by atoms with E-state index in [-0.39, 0.29) is 0 Å². The van der Waals surface area contributed by atoms with Gasteiger partial charge in [0.1, 0.15) is 0 Å². The lowest BCUT2D eigenvalue weighted by atomic mass is 10.3. The molecule has 0 amide bonds. The van der Waals surface area contributed by atoms with Gasteiger partial charge in [-0.25, -0.2) is 4.98 Å². The van der Waals surface area contributed by atoms with Gasteiger partial charge in [-0.1, -0.05) is 18.2 Å². The molecule has 15 heavy (non-hydrogen) atoms. The number of thiazole rings is 1. The van der Waals surface area contributed by atoms with Crippen LogP contribution in [-0.2, 0) is 0 Å². The highest BCUT2D eigenvalue weighted by Crippen LogP contribution is 2.18. The molecule has 2 aromatic heterocycles. The molecule has 0 aliphatic heterocycles. The van der Waals surface area contributed by atoms with Crippen LogP contribution in [0.2, 0.25) is 0 Å². The van der Waals surface area contributed by atoms with Crippen LogP contribution >= 0.6 is 11.3 Å². The molecule has 2 heterocycles. The van der Waals surface area contributed by atoms with Crippen molar-refractivity contribution in [1.82, 2.24) is 9.38 Å². The number of imidazole rings is 1. The van der Waals surface area contributed by atoms with Gasteiger partial charge in [-0.05, 0) is 12.1 Å². The second-order valence-corrected chi connectivity index (χ2v) is 4.08. The first-order chi connectivity index (χ1) is 7.42. The molecule has 4 heteroatoms. The summed E-state index contributed by atoms with van der Waals surface area (Å²) in [5.74, 6) is 0.882. The van der Waals surface area contributed by atoms with E-state index in [4.69, 9.17) is 0 Å². The summed E-state index contributed by atoms with van der Waals surface area (Å²) >= 11 is 1.63. The van der Waals surface area contributed by atoms with Crippen LogP contribution in [0, 0.1) is 0 Å². The molecule has 0 aliphatic carbocycles. The number of para-hydroxylation sites is 1. The van der Waals surface area contributed by atoms with Gasteiger partial charge in [0.25, 0.3) is 0 Å². The lowest BCUT2D eigenvalue weighted by Gasteiger charge is -2.00. The maximum absolute atomic E-state index is 4.44. The minimum atomic E-state index is 0.882. The minimum Gasteiger partial charge on any atom is -0.339 e. The molecule has 0 aliphatic rings. The number of aromatic nitrogens is 2. The third-order valence-electron chi connectivity index (χ3n) is 2.14. The van der Waals surface area contributed by atoms with Crippen molar-refractivity contribution in [2.75, 3.05) is 5.32 Å². The highest BCUT2D eigenvalue weighted by atomic mass is 32.1. The molecule has 0 radical (unpaired) electrons. The van der Waals surface area contributed by atoms with Crippen LogP contribution in [0.4, 0.5) is 11.5 Å². The van der Waals surface area contributed by atoms with Gasteiger partial charge in [-0.3, -0.25) is 4.40 Å². The molecule has 3 aromatic rings. The molecule has 0 bridgehead atoms. The van der Waals surface area contributed by atoms with Crippen LogP contribution in [0.25, 0.3) is 4.96 Å². The number of fused-ring (bicyclic) bond motifs is 1. The molecule has 0 fully saturated rings. The number of benzene rings is 1. The van der Waals surface area contributed by atoms with E-state index in [0.29, 0.717) is 0 Å². The first-order valence-electron chi connectivity index (χ1n) is 4.66. The zero-order valence-corrected chi connectivity index (χ0v) is 8.74. The third kappa shape index (κ3) is 1.59. The van der Waals surface area contributed by atoms with Crippen LogP contribution in [-0.4, -0.2) is 9.38 Å². The highest BCUT2D eigenvalue weighted by molar-refractivity contribution is 7.15. The van der Waals surface area contributed by atoms with Crippen LogP contribution in [0.1, 0.15) is 0 Å². The van der Waals surface area contributed by atoms with Crippen LogP contribution in [0.5, 0.6) is 0 Å². The smallest absolute Gasteiger partial charge is 0.195 e. The Bertz CT molecular complexity index is 539. The quantitative estimate of drug-likeness (QED) is 0.711. The Balaban J connectivity index is 1.93. The summed E-state index contributed by atoms with van der Waals surface area (Å²) in [5, 5.41) is 5.28. The molecule has 1 aromatic carbocycles. The Kier molecular flexibility index (Phi) is 1.93. The van der Waals surface area contributed by atoms with Crippen molar-refractivity contribution in [3.63, 3.8) is 0 Å². The summed E-state index contributed by atoms with van der Waals surface area (Å²) in [4.78, 5) is 5.45. The molecule has 0 spiro atoms. The molecule has 0 unspecified atom stereocenters. The van der Waals surface area contributed by atoms with Gasteiger partial charge < -0.3 is 5.32 Å². The predicted molar refractivity (Wildman–Crippen MR) is 62.8 cm³/mol. The van der Waals surface area contributed by atoms with Crippen molar-refractivity contribution in [3.8, 4) is 0 Å². The normalized spacial score (nSPS) is 10.7. The number of nitrogens with one attached hydrogen (secondary N) is 1. The molecule has 1 N–H and O–H groups in total. The van der Waals surface area contributed by atoms with Gasteiger partial charge >= 0.3 is 0 Å². The van der Waals surface area contributed by atoms with E-state index in [0.717, 1.165) is 16.5 Å². The van der Waals surface area contributed by atoms with Gasteiger partial charge in [0.15, 0.2) is 10.8 Å². The second-order valence-electron chi connectivity index (χ2n) is 3.21. The van der Waals surface area contributed by atoms with Crippen molar-refractivity contribution in [3.05, 3.63) is 48.1 Å². The Labute approximate surface area is 91.0 Å². The lowest BCUT2D eigenvalue weighted by molar-refractivity contribution is 1.23. The van der Waals surface area contributed by atoms with E-state index in [1.165, 1.54) is 0 Å². The molecule has 3 nitrogen and oxygen atoms in total. The SMILES string of the molecule is c1ccc(Nc2cn3ccsc3n2)cc1. The largest absolute Gasteiger partial charge is 0.339 e. The summed E-state index contributed by atoms with van der Waals surface area (Å²) in [6.07, 6.45) is 3.99. The van der Waals surface area contributed by atoms with E-state index in [2.05, 4.69) is 10.3 Å². The van der Waals surface area contributed by atoms with Crippen molar-refractivity contribution >= 4 is 27.8 Å². The Morgan fingerprint density at radius 3 is 2.87 bits per heavy atom. The average molecular weight is 215 g/mol. The summed E-state index contributed by atoms with van der Waals surface area (Å²) in [5.41, 5.74) is 1.06. The average Bonchev–Trinajstić information content (AvgIpc) is 2.79. The zero-order valence-electron chi connectivity index (χ0n) is 7.92. The number of hydrogen-bond donors (Lipinski definition) is 1. The number of hydrogen-bond acceptors (Lipinski definition) is 3. The Morgan fingerprint density at radius 1 is 1.20 bits per heavy atom. The van der Waals surface area contributed by atoms with Crippen LogP contribution in [0.3, 0.4) is 0 Å². The van der Waals surface area contributed by atoms with Gasteiger partial charge in [0.2, 0.25) is 0 Å². The van der Waals surface area contributed by atoms with E-state index in [1.54, 1.807) is 11.3 Å². The predicted octanol–water partition coefficient (Wildman–Crippen LogP) is 3.14. The summed E-state index contributed by atoms with van der Waals surface area (Å²) in [7, 11) is 0. The molecule has 0 saturated heterocycles. The maximum Gasteiger partial charge on any atom is 0.195 e. The van der Waals surface area contributed by atoms with Gasteiger partial charge in [0.05, 0.1) is 6.20 Å². The van der Waals surface area contributed by atoms with Crippen LogP contribution < -0.4 is 5.32 Å². The Morgan fingerprint density at radius 2 is 2.07 bits per heavy atom. The van der Waals surface area contributed by atoms with Gasteiger partial charge in [-0.15, -0.1) is 11.3 Å². The van der Waals surface area contributed by atoms with E-state index < -0.39 is 0 Å². The summed E-state index contributed by atoms with van der Waals surface area (Å²) in [6, 6.07) is 10.0. The highest BCUT2D eigenvalue weighted by Gasteiger charge is 2.01. The molecule has 0 atom stereocenters.